The number of aromatic amines is 1. The van der Waals surface area contributed by atoms with Crippen LogP contribution in [0.1, 0.15) is 21.7 Å². The van der Waals surface area contributed by atoms with Gasteiger partial charge in [-0.1, -0.05) is 18.2 Å². The molecule has 2 aromatic rings. The largest absolute Gasteiger partial charge is 0.456 e. The van der Waals surface area contributed by atoms with E-state index in [9.17, 15) is 23.1 Å². The van der Waals surface area contributed by atoms with E-state index in [-0.39, 0.29) is 6.61 Å². The molecule has 2 N–H and O–H groups in total. The molecule has 0 saturated carbocycles. The molecule has 0 bridgehead atoms. The molecule has 0 aliphatic carbocycles. The Labute approximate surface area is 123 Å². The van der Waals surface area contributed by atoms with Crippen LogP contribution in [0.15, 0.2) is 41.3 Å². The summed E-state index contributed by atoms with van der Waals surface area (Å²) in [5.74, 6) is -1.50. The molecular weight excluding hydrogens is 303 g/mol. The summed E-state index contributed by atoms with van der Waals surface area (Å²) in [6.07, 6.45) is -4.88. The van der Waals surface area contributed by atoms with Gasteiger partial charge in [0.25, 0.3) is 5.78 Å². The third kappa shape index (κ3) is 3.89. The quantitative estimate of drug-likeness (QED) is 0.655. The van der Waals surface area contributed by atoms with Crippen molar-refractivity contribution in [3.63, 3.8) is 0 Å². The fraction of sp³-hybridized carbons (Fsp3) is 0.214. The van der Waals surface area contributed by atoms with Gasteiger partial charge in [0.1, 0.15) is 0 Å². The van der Waals surface area contributed by atoms with Gasteiger partial charge in [-0.15, -0.1) is 11.8 Å². The van der Waals surface area contributed by atoms with Crippen LogP contribution in [0.3, 0.4) is 0 Å². The molecule has 112 valence electrons. The number of benzene rings is 1. The van der Waals surface area contributed by atoms with E-state index in [1.54, 1.807) is 12.1 Å². The Morgan fingerprint density at radius 3 is 2.57 bits per heavy atom. The van der Waals surface area contributed by atoms with E-state index in [0.717, 1.165) is 16.5 Å². The number of ketones is 1. The first-order chi connectivity index (χ1) is 9.91. The number of nitrogens with one attached hydrogen (secondary N) is 1. The molecule has 0 unspecified atom stereocenters. The summed E-state index contributed by atoms with van der Waals surface area (Å²) in [6.45, 7) is -0.105. The Bertz CT molecular complexity index is 637. The van der Waals surface area contributed by atoms with Gasteiger partial charge in [0.05, 0.1) is 12.3 Å². The Hall–Kier alpha value is -1.73. The predicted molar refractivity (Wildman–Crippen MR) is 73.1 cm³/mol. The van der Waals surface area contributed by atoms with E-state index in [1.807, 2.05) is 12.1 Å². The second kappa shape index (κ2) is 6.36. The second-order valence-corrected chi connectivity index (χ2v) is 5.30. The van der Waals surface area contributed by atoms with Crippen molar-refractivity contribution >= 4 is 17.5 Å². The van der Waals surface area contributed by atoms with Gasteiger partial charge in [-0.3, -0.25) is 4.79 Å². The number of hydrogen-bond donors (Lipinski definition) is 2. The average molecular weight is 315 g/mol. The molecular formula is C14H12F3NO2S. The highest BCUT2D eigenvalue weighted by Gasteiger charge is 2.40. The van der Waals surface area contributed by atoms with Crippen LogP contribution in [0, 0.1) is 0 Å². The number of hydrogen-bond acceptors (Lipinski definition) is 3. The molecule has 0 aliphatic heterocycles. The van der Waals surface area contributed by atoms with Crippen LogP contribution in [0.4, 0.5) is 13.2 Å². The molecule has 1 heterocycles. The first-order valence-electron chi connectivity index (χ1n) is 6.03. The number of Topliss-reactive ketones (excluding diaryl/α,β-unsaturated/α-hetero) is 1. The lowest BCUT2D eigenvalue weighted by Gasteiger charge is -2.06. The van der Waals surface area contributed by atoms with Gasteiger partial charge in [-0.05, 0) is 23.8 Å². The number of carbonyl (C=O) groups excluding carboxylic acids is 1. The molecule has 3 nitrogen and oxygen atoms in total. The van der Waals surface area contributed by atoms with Gasteiger partial charge in [0.15, 0.2) is 0 Å². The predicted octanol–water partition coefficient (Wildman–Crippen LogP) is 3.54. The maximum Gasteiger partial charge on any atom is 0.456 e. The van der Waals surface area contributed by atoms with E-state index in [1.165, 1.54) is 17.8 Å². The number of H-pyrrole nitrogens is 1. The summed E-state index contributed by atoms with van der Waals surface area (Å²) in [5.41, 5.74) is 0.800. The van der Waals surface area contributed by atoms with Crippen LogP contribution in [0.5, 0.6) is 0 Å². The minimum atomic E-state index is -4.88. The van der Waals surface area contributed by atoms with Crippen molar-refractivity contribution in [3.8, 4) is 0 Å². The molecule has 0 radical (unpaired) electrons. The summed E-state index contributed by atoms with van der Waals surface area (Å²) >= 11 is 1.37. The fourth-order valence-corrected chi connectivity index (χ4v) is 2.71. The Morgan fingerprint density at radius 2 is 1.90 bits per heavy atom. The molecule has 2 rings (SSSR count). The molecule has 0 atom stereocenters. The molecule has 0 aliphatic rings. The number of carbonyl (C=O) groups is 1. The first kappa shape index (κ1) is 15.7. The normalized spacial score (nSPS) is 11.6. The van der Waals surface area contributed by atoms with E-state index in [4.69, 9.17) is 0 Å². The topological polar surface area (TPSA) is 53.1 Å². The van der Waals surface area contributed by atoms with Crippen molar-refractivity contribution in [3.05, 3.63) is 53.3 Å². The summed E-state index contributed by atoms with van der Waals surface area (Å²) in [6, 6.07) is 9.78. The van der Waals surface area contributed by atoms with Crippen molar-refractivity contribution in [1.82, 2.24) is 4.98 Å². The molecule has 21 heavy (non-hydrogen) atoms. The van der Waals surface area contributed by atoms with Gasteiger partial charge in [-0.2, -0.15) is 13.2 Å². The number of thioether (sulfide) groups is 1. The summed E-state index contributed by atoms with van der Waals surface area (Å²) in [4.78, 5) is 14.4. The van der Waals surface area contributed by atoms with E-state index >= 15 is 0 Å². The van der Waals surface area contributed by atoms with E-state index in [0.29, 0.717) is 11.4 Å². The van der Waals surface area contributed by atoms with E-state index in [2.05, 4.69) is 4.98 Å². The zero-order valence-electron chi connectivity index (χ0n) is 10.8. The lowest BCUT2D eigenvalue weighted by atomic mass is 10.2. The fourth-order valence-electron chi connectivity index (χ4n) is 1.74. The average Bonchev–Trinajstić information content (AvgIpc) is 2.92. The highest BCUT2D eigenvalue weighted by Crippen LogP contribution is 2.27. The molecule has 1 aromatic heterocycles. The number of rotatable bonds is 5. The van der Waals surface area contributed by atoms with Gasteiger partial charge in [-0.25, -0.2) is 0 Å². The highest BCUT2D eigenvalue weighted by atomic mass is 32.2. The van der Waals surface area contributed by atoms with Gasteiger partial charge in [0, 0.05) is 16.3 Å². The number of alkyl halides is 3. The molecule has 0 saturated heterocycles. The highest BCUT2D eigenvalue weighted by molar-refractivity contribution is 7.98. The Morgan fingerprint density at radius 1 is 1.19 bits per heavy atom. The lowest BCUT2D eigenvalue weighted by molar-refractivity contribution is -0.0888. The third-order valence-electron chi connectivity index (χ3n) is 2.77. The maximum atomic E-state index is 12.3. The Kier molecular flexibility index (Phi) is 4.74. The zero-order valence-corrected chi connectivity index (χ0v) is 11.6. The molecule has 0 fully saturated rings. The van der Waals surface area contributed by atoms with Crippen molar-refractivity contribution in [1.29, 1.82) is 0 Å². The number of aliphatic hydroxyl groups excluding tert-OH is 1. The number of halogens is 3. The molecule has 1 aromatic carbocycles. The standard InChI is InChI=1S/C14H12F3NO2S/c15-14(16,17)13(20)11-6-5-10(18-11)8-21-12-4-2-1-3-9(12)7-19/h1-6,18-19H,7-8H2. The van der Waals surface area contributed by atoms with Crippen molar-refractivity contribution in [2.75, 3.05) is 0 Å². The van der Waals surface area contributed by atoms with Gasteiger partial charge in [0.2, 0.25) is 0 Å². The van der Waals surface area contributed by atoms with Crippen molar-refractivity contribution in [2.24, 2.45) is 0 Å². The second-order valence-electron chi connectivity index (χ2n) is 4.28. The summed E-state index contributed by atoms with van der Waals surface area (Å²) < 4.78 is 36.9. The monoisotopic (exact) mass is 315 g/mol. The van der Waals surface area contributed by atoms with Crippen molar-refractivity contribution < 1.29 is 23.1 Å². The SMILES string of the molecule is O=C(c1ccc(CSc2ccccc2CO)[nH]1)C(F)(F)F. The first-order valence-corrected chi connectivity index (χ1v) is 7.01. The molecule has 0 spiro atoms. The smallest absolute Gasteiger partial charge is 0.392 e. The minimum Gasteiger partial charge on any atom is -0.392 e. The van der Waals surface area contributed by atoms with Crippen LogP contribution >= 0.6 is 11.8 Å². The maximum absolute atomic E-state index is 12.3. The molecule has 0 amide bonds. The summed E-state index contributed by atoms with van der Waals surface area (Å²) in [7, 11) is 0. The van der Waals surface area contributed by atoms with E-state index < -0.39 is 17.7 Å². The van der Waals surface area contributed by atoms with Gasteiger partial charge >= 0.3 is 6.18 Å². The number of aromatic nitrogens is 1. The number of aliphatic hydroxyl groups is 1. The summed E-state index contributed by atoms with van der Waals surface area (Å²) in [5, 5.41) is 9.19. The minimum absolute atomic E-state index is 0.105. The van der Waals surface area contributed by atoms with Crippen LogP contribution < -0.4 is 0 Å². The van der Waals surface area contributed by atoms with Crippen LogP contribution in [-0.4, -0.2) is 22.1 Å². The van der Waals surface area contributed by atoms with Crippen LogP contribution in [-0.2, 0) is 12.4 Å². The van der Waals surface area contributed by atoms with Gasteiger partial charge < -0.3 is 10.1 Å². The third-order valence-corrected chi connectivity index (χ3v) is 3.94. The molecule has 7 heteroatoms. The lowest BCUT2D eigenvalue weighted by Crippen LogP contribution is -2.23. The van der Waals surface area contributed by atoms with Crippen LogP contribution in [0.25, 0.3) is 0 Å². The van der Waals surface area contributed by atoms with Crippen LogP contribution in [0.2, 0.25) is 0 Å². The van der Waals surface area contributed by atoms with Crippen molar-refractivity contribution in [2.45, 2.75) is 23.4 Å². The zero-order chi connectivity index (χ0) is 15.5. The Balaban J connectivity index is 2.05.